The van der Waals surface area contributed by atoms with E-state index < -0.39 is 0 Å². The first-order valence-electron chi connectivity index (χ1n) is 9.61. The van der Waals surface area contributed by atoms with Crippen LogP contribution in [0.25, 0.3) is 16.7 Å². The fourth-order valence-electron chi connectivity index (χ4n) is 3.80. The molecule has 3 aromatic heterocycles. The van der Waals surface area contributed by atoms with Crippen LogP contribution in [0.3, 0.4) is 0 Å². The average molecular weight is 393 g/mol. The Kier molecular flexibility index (Phi) is 3.44. The number of aryl methyl sites for hydroxylation is 1. The molecule has 28 heavy (non-hydrogen) atoms. The Morgan fingerprint density at radius 3 is 2.68 bits per heavy atom. The van der Waals surface area contributed by atoms with Gasteiger partial charge in [-0.1, -0.05) is 23.9 Å². The predicted octanol–water partition coefficient (Wildman–Crippen LogP) is 2.68. The van der Waals surface area contributed by atoms with Crippen LogP contribution in [0.4, 0.5) is 0 Å². The average Bonchev–Trinajstić information content (AvgIpc) is 3.65. The fourth-order valence-corrected chi connectivity index (χ4v) is 4.72. The highest BCUT2D eigenvalue weighted by Gasteiger charge is 2.36. The maximum atomic E-state index is 12.6. The summed E-state index contributed by atoms with van der Waals surface area (Å²) in [6.07, 6.45) is 4.88. The van der Waals surface area contributed by atoms with Gasteiger partial charge in [0.15, 0.2) is 5.16 Å². The normalized spacial score (nSPS) is 17.0. The van der Waals surface area contributed by atoms with Gasteiger partial charge in [0, 0.05) is 19.0 Å². The predicted molar refractivity (Wildman–Crippen MR) is 106 cm³/mol. The molecule has 1 aromatic carbocycles. The molecule has 0 bridgehead atoms. The van der Waals surface area contributed by atoms with Crippen molar-refractivity contribution in [1.29, 1.82) is 0 Å². The minimum atomic E-state index is -0.0581. The standard InChI is InChI=1S/C19H19N7OS/c1-24-17(27)13-4-2-3-5-14(13)26-15(20-22-18(24)26)10-28-19-23-21-16(11-6-7-11)25(19)12-8-9-12/h2-5,11-12H,6-10H2,1H3. The van der Waals surface area contributed by atoms with E-state index in [0.29, 0.717) is 28.9 Å². The van der Waals surface area contributed by atoms with Gasteiger partial charge in [0.25, 0.3) is 5.56 Å². The Balaban J connectivity index is 1.41. The third kappa shape index (κ3) is 2.42. The van der Waals surface area contributed by atoms with Crippen molar-refractivity contribution < 1.29 is 0 Å². The topological polar surface area (TPSA) is 82.9 Å². The molecule has 0 saturated heterocycles. The minimum Gasteiger partial charge on any atom is -0.303 e. The van der Waals surface area contributed by atoms with Gasteiger partial charge in [-0.3, -0.25) is 13.8 Å². The van der Waals surface area contributed by atoms with E-state index in [1.54, 1.807) is 23.4 Å². The van der Waals surface area contributed by atoms with E-state index in [0.717, 1.165) is 22.3 Å². The number of nitrogens with zero attached hydrogens (tertiary/aromatic N) is 7. The van der Waals surface area contributed by atoms with Crippen LogP contribution in [0.5, 0.6) is 0 Å². The van der Waals surface area contributed by atoms with Crippen LogP contribution in [0.2, 0.25) is 0 Å². The zero-order valence-corrected chi connectivity index (χ0v) is 16.3. The second kappa shape index (κ2) is 5.91. The summed E-state index contributed by atoms with van der Waals surface area (Å²) in [5, 5.41) is 19.2. The van der Waals surface area contributed by atoms with E-state index in [-0.39, 0.29) is 5.56 Å². The van der Waals surface area contributed by atoms with Gasteiger partial charge in [0.2, 0.25) is 5.78 Å². The van der Waals surface area contributed by atoms with Gasteiger partial charge >= 0.3 is 0 Å². The van der Waals surface area contributed by atoms with Gasteiger partial charge in [0.05, 0.1) is 16.7 Å². The van der Waals surface area contributed by atoms with Gasteiger partial charge in [-0.05, 0) is 37.8 Å². The third-order valence-electron chi connectivity index (χ3n) is 5.57. The molecular formula is C19H19N7OS. The van der Waals surface area contributed by atoms with Crippen molar-refractivity contribution in [3.05, 3.63) is 46.3 Å². The van der Waals surface area contributed by atoms with E-state index in [9.17, 15) is 4.79 Å². The number of para-hydroxylation sites is 1. The molecule has 0 spiro atoms. The lowest BCUT2D eigenvalue weighted by Gasteiger charge is -2.09. The van der Waals surface area contributed by atoms with Crippen molar-refractivity contribution in [2.45, 2.75) is 48.6 Å². The summed E-state index contributed by atoms with van der Waals surface area (Å²) in [6, 6.07) is 8.17. The SMILES string of the molecule is Cn1c(=O)c2ccccc2n2c(CSc3nnc(C4CC4)n3C3CC3)nnc12. The lowest BCUT2D eigenvalue weighted by molar-refractivity contribution is 0.626. The Morgan fingerprint density at radius 2 is 1.89 bits per heavy atom. The maximum Gasteiger partial charge on any atom is 0.262 e. The minimum absolute atomic E-state index is 0.0581. The van der Waals surface area contributed by atoms with Crippen LogP contribution in [0.15, 0.2) is 34.2 Å². The molecule has 2 fully saturated rings. The summed E-state index contributed by atoms with van der Waals surface area (Å²) in [5.74, 6) is 3.74. The van der Waals surface area contributed by atoms with E-state index in [2.05, 4.69) is 25.0 Å². The first kappa shape index (κ1) is 16.3. The lowest BCUT2D eigenvalue weighted by atomic mass is 10.2. The molecule has 0 atom stereocenters. The van der Waals surface area contributed by atoms with Gasteiger partial charge < -0.3 is 4.57 Å². The molecule has 9 heteroatoms. The van der Waals surface area contributed by atoms with Crippen LogP contribution in [0.1, 0.15) is 49.3 Å². The van der Waals surface area contributed by atoms with Crippen molar-refractivity contribution in [3.63, 3.8) is 0 Å². The molecule has 0 radical (unpaired) electrons. The van der Waals surface area contributed by atoms with Crippen LogP contribution in [0, 0.1) is 0 Å². The molecule has 0 amide bonds. The van der Waals surface area contributed by atoms with Gasteiger partial charge in [0.1, 0.15) is 11.6 Å². The Bertz CT molecular complexity index is 1280. The molecule has 3 heterocycles. The lowest BCUT2D eigenvalue weighted by Crippen LogP contribution is -2.20. The summed E-state index contributed by atoms with van der Waals surface area (Å²) in [4.78, 5) is 12.6. The summed E-state index contributed by atoms with van der Waals surface area (Å²) in [5.41, 5.74) is 0.779. The molecule has 2 saturated carbocycles. The number of benzene rings is 1. The summed E-state index contributed by atoms with van der Waals surface area (Å²) in [7, 11) is 1.74. The number of hydrogen-bond acceptors (Lipinski definition) is 6. The first-order valence-corrected chi connectivity index (χ1v) is 10.6. The Morgan fingerprint density at radius 1 is 1.07 bits per heavy atom. The van der Waals surface area contributed by atoms with Gasteiger partial charge in [-0.2, -0.15) is 0 Å². The second-order valence-corrected chi connectivity index (χ2v) is 8.58. The fraction of sp³-hybridized carbons (Fsp3) is 0.421. The number of thioether (sulfide) groups is 1. The molecule has 2 aliphatic rings. The van der Waals surface area contributed by atoms with E-state index in [1.165, 1.54) is 25.7 Å². The Labute approximate surface area is 164 Å². The molecule has 4 aromatic rings. The first-order chi connectivity index (χ1) is 13.7. The largest absolute Gasteiger partial charge is 0.303 e. The molecule has 6 rings (SSSR count). The molecular weight excluding hydrogens is 374 g/mol. The smallest absolute Gasteiger partial charge is 0.262 e. The molecule has 142 valence electrons. The van der Waals surface area contributed by atoms with Gasteiger partial charge in [-0.25, -0.2) is 0 Å². The van der Waals surface area contributed by atoms with Crippen LogP contribution in [-0.4, -0.2) is 33.9 Å². The van der Waals surface area contributed by atoms with Gasteiger partial charge in [-0.15, -0.1) is 20.4 Å². The number of hydrogen-bond donors (Lipinski definition) is 0. The van der Waals surface area contributed by atoms with E-state index in [1.807, 2.05) is 28.7 Å². The van der Waals surface area contributed by atoms with Crippen molar-refractivity contribution in [2.24, 2.45) is 7.05 Å². The van der Waals surface area contributed by atoms with Crippen molar-refractivity contribution in [3.8, 4) is 0 Å². The van der Waals surface area contributed by atoms with Crippen LogP contribution < -0.4 is 5.56 Å². The maximum absolute atomic E-state index is 12.6. The molecule has 0 aliphatic heterocycles. The number of aromatic nitrogens is 7. The third-order valence-corrected chi connectivity index (χ3v) is 6.51. The number of fused-ring (bicyclic) bond motifs is 3. The highest BCUT2D eigenvalue weighted by Crippen LogP contribution is 2.46. The van der Waals surface area contributed by atoms with Crippen molar-refractivity contribution >= 4 is 28.4 Å². The second-order valence-electron chi connectivity index (χ2n) is 7.64. The zero-order valence-electron chi connectivity index (χ0n) is 15.4. The number of rotatable bonds is 5. The van der Waals surface area contributed by atoms with E-state index >= 15 is 0 Å². The highest BCUT2D eigenvalue weighted by atomic mass is 32.2. The van der Waals surface area contributed by atoms with Crippen LogP contribution >= 0.6 is 11.8 Å². The highest BCUT2D eigenvalue weighted by molar-refractivity contribution is 7.98. The van der Waals surface area contributed by atoms with E-state index in [4.69, 9.17) is 0 Å². The van der Waals surface area contributed by atoms with Crippen molar-refractivity contribution in [1.82, 2.24) is 33.9 Å². The quantitative estimate of drug-likeness (QED) is 0.485. The molecule has 2 aliphatic carbocycles. The summed E-state index contributed by atoms with van der Waals surface area (Å²) in [6.45, 7) is 0. The summed E-state index contributed by atoms with van der Waals surface area (Å²) < 4.78 is 5.88. The monoisotopic (exact) mass is 393 g/mol. The molecule has 0 unspecified atom stereocenters. The molecule has 0 N–H and O–H groups in total. The molecule has 8 nitrogen and oxygen atoms in total. The zero-order chi connectivity index (χ0) is 18.8. The van der Waals surface area contributed by atoms with Crippen LogP contribution in [-0.2, 0) is 12.8 Å². The summed E-state index contributed by atoms with van der Waals surface area (Å²) >= 11 is 1.65. The van der Waals surface area contributed by atoms with Crippen molar-refractivity contribution in [2.75, 3.05) is 0 Å². The Hall–Kier alpha value is -2.68.